The van der Waals surface area contributed by atoms with E-state index in [2.05, 4.69) is 57.9 Å². The molecule has 1 fully saturated rings. The van der Waals surface area contributed by atoms with Crippen LogP contribution in [-0.2, 0) is 17.9 Å². The molecule has 6 rings (SSSR count). The molecule has 3 aromatic heterocycles. The third kappa shape index (κ3) is 7.42. The Morgan fingerprint density at radius 1 is 1.13 bits per heavy atom. The highest BCUT2D eigenvalue weighted by molar-refractivity contribution is 6.31. The topological polar surface area (TPSA) is 119 Å². The van der Waals surface area contributed by atoms with Crippen LogP contribution in [0.25, 0.3) is 16.9 Å². The molecule has 2 amide bonds. The Hall–Kier alpha value is -4.88. The molecule has 0 saturated carbocycles. The maximum absolute atomic E-state index is 13.4. The summed E-state index contributed by atoms with van der Waals surface area (Å²) in [5.74, 6) is -0.907. The van der Waals surface area contributed by atoms with Gasteiger partial charge in [-0.1, -0.05) is 35.4 Å². The Labute approximate surface area is 274 Å². The fraction of sp³-hybridized carbons (Fsp3) is 0.303. The number of likely N-dealkylation sites (tertiary alicyclic amines) is 1. The van der Waals surface area contributed by atoms with E-state index in [0.717, 1.165) is 19.4 Å². The van der Waals surface area contributed by atoms with Crippen molar-refractivity contribution in [3.05, 3.63) is 94.5 Å². The van der Waals surface area contributed by atoms with Crippen LogP contribution >= 0.6 is 11.6 Å². The third-order valence-electron chi connectivity index (χ3n) is 8.17. The van der Waals surface area contributed by atoms with E-state index in [-0.39, 0.29) is 51.8 Å². The van der Waals surface area contributed by atoms with E-state index >= 15 is 0 Å². The van der Waals surface area contributed by atoms with Crippen molar-refractivity contribution in [3.8, 4) is 17.0 Å². The van der Waals surface area contributed by atoms with Gasteiger partial charge >= 0.3 is 6.61 Å². The van der Waals surface area contributed by atoms with E-state index in [1.54, 1.807) is 17.2 Å². The highest BCUT2D eigenvalue weighted by Gasteiger charge is 2.26. The van der Waals surface area contributed by atoms with E-state index in [4.69, 9.17) is 16.3 Å². The van der Waals surface area contributed by atoms with E-state index in [0.29, 0.717) is 18.7 Å². The average Bonchev–Trinajstić information content (AvgIpc) is 3.65. The Bertz CT molecular complexity index is 1920. The predicted octanol–water partition coefficient (Wildman–Crippen LogP) is 5.50. The third-order valence-corrected chi connectivity index (χ3v) is 8.41. The molecule has 0 atom stereocenters. The molecule has 0 aliphatic carbocycles. The van der Waals surface area contributed by atoms with Crippen molar-refractivity contribution in [1.82, 2.24) is 34.6 Å². The summed E-state index contributed by atoms with van der Waals surface area (Å²) in [4.78, 5) is 32.8. The van der Waals surface area contributed by atoms with Crippen molar-refractivity contribution in [2.75, 3.05) is 18.4 Å². The van der Waals surface area contributed by atoms with Crippen LogP contribution in [0.5, 0.6) is 5.75 Å². The molecule has 2 N–H and O–H groups in total. The summed E-state index contributed by atoms with van der Waals surface area (Å²) >= 11 is 6.23. The van der Waals surface area contributed by atoms with E-state index in [9.17, 15) is 18.4 Å². The standard InChI is InChI=1S/C33H33ClF2N8O3/c1-20-4-5-22(21(2)14-20)16-38-24-8-12-42(13-9-24)29(45)19-43-18-27(40-32(46)26-17-39-44-11-3-10-37-31(26)44)30(41-43)25-15-23(34)6-7-28(25)47-33(35)36/h3-7,10-11,14-15,17-18,24,33,38H,8-9,12-13,16,19H2,1-2H3,(H,40,46). The molecule has 0 radical (unpaired) electrons. The average molecular weight is 663 g/mol. The maximum Gasteiger partial charge on any atom is 0.387 e. The van der Waals surface area contributed by atoms with Crippen molar-refractivity contribution in [3.63, 3.8) is 0 Å². The van der Waals surface area contributed by atoms with Crippen LogP contribution in [0.4, 0.5) is 14.5 Å². The maximum atomic E-state index is 13.4. The van der Waals surface area contributed by atoms with E-state index < -0.39 is 12.5 Å². The van der Waals surface area contributed by atoms with Crippen LogP contribution < -0.4 is 15.4 Å². The smallest absolute Gasteiger partial charge is 0.387 e. The van der Waals surface area contributed by atoms with Gasteiger partial charge in [-0.15, -0.1) is 0 Å². The number of alkyl halides is 2. The van der Waals surface area contributed by atoms with Crippen LogP contribution in [0, 0.1) is 13.8 Å². The predicted molar refractivity (Wildman–Crippen MR) is 173 cm³/mol. The number of hydrogen-bond acceptors (Lipinski definition) is 7. The van der Waals surface area contributed by atoms with Crippen LogP contribution in [0.2, 0.25) is 5.02 Å². The molecule has 47 heavy (non-hydrogen) atoms. The lowest BCUT2D eigenvalue weighted by Crippen LogP contribution is -2.45. The lowest BCUT2D eigenvalue weighted by molar-refractivity contribution is -0.133. The number of nitrogens with one attached hydrogen (secondary N) is 2. The fourth-order valence-electron chi connectivity index (χ4n) is 5.73. The Balaban J connectivity index is 1.19. The molecule has 1 saturated heterocycles. The van der Waals surface area contributed by atoms with E-state index in [1.807, 2.05) is 0 Å². The number of fused-ring (bicyclic) bond motifs is 1. The van der Waals surface area contributed by atoms with Crippen LogP contribution in [0.15, 0.2) is 67.3 Å². The number of amides is 2. The van der Waals surface area contributed by atoms with Gasteiger partial charge in [0.05, 0.1) is 11.9 Å². The summed E-state index contributed by atoms with van der Waals surface area (Å²) in [5, 5.41) is 15.3. The normalized spacial score (nSPS) is 13.8. The number of aryl methyl sites for hydroxylation is 2. The fourth-order valence-corrected chi connectivity index (χ4v) is 5.90. The number of halogens is 3. The zero-order chi connectivity index (χ0) is 33.1. The molecular weight excluding hydrogens is 630 g/mol. The highest BCUT2D eigenvalue weighted by atomic mass is 35.5. The lowest BCUT2D eigenvalue weighted by atomic mass is 10.0. The van der Waals surface area contributed by atoms with Crippen LogP contribution in [-0.4, -0.2) is 66.8 Å². The minimum Gasteiger partial charge on any atom is -0.434 e. The summed E-state index contributed by atoms with van der Waals surface area (Å²) in [6.45, 7) is 2.86. The summed E-state index contributed by atoms with van der Waals surface area (Å²) in [6, 6.07) is 12.5. The number of hydrogen-bond donors (Lipinski definition) is 2. The summed E-state index contributed by atoms with van der Waals surface area (Å²) in [7, 11) is 0. The SMILES string of the molecule is Cc1ccc(CNC2CCN(C(=O)Cn3cc(NC(=O)c4cnn5cccnc45)c(-c4cc(Cl)ccc4OC(F)F)n3)CC2)c(C)c1. The molecule has 1 aliphatic rings. The quantitative estimate of drug-likeness (QED) is 0.203. The number of aromatic nitrogens is 5. The molecule has 0 bridgehead atoms. The second-order valence-corrected chi connectivity index (χ2v) is 11.9. The van der Waals surface area contributed by atoms with Crippen molar-refractivity contribution in [2.45, 2.75) is 52.4 Å². The number of piperidine rings is 1. The van der Waals surface area contributed by atoms with Crippen LogP contribution in [0.1, 0.15) is 39.9 Å². The second-order valence-electron chi connectivity index (χ2n) is 11.5. The van der Waals surface area contributed by atoms with Crippen molar-refractivity contribution < 1.29 is 23.1 Å². The Kier molecular flexibility index (Phi) is 9.45. The molecule has 2 aromatic carbocycles. The number of benzene rings is 2. The molecular formula is C33H33ClF2N8O3. The lowest BCUT2D eigenvalue weighted by Gasteiger charge is -2.32. The summed E-state index contributed by atoms with van der Waals surface area (Å²) < 4.78 is 34.2. The van der Waals surface area contributed by atoms with Gasteiger partial charge < -0.3 is 20.3 Å². The first-order valence-electron chi connectivity index (χ1n) is 15.1. The number of rotatable bonds is 10. The van der Waals surface area contributed by atoms with Gasteiger partial charge in [-0.2, -0.15) is 19.0 Å². The second kappa shape index (κ2) is 13.9. The van der Waals surface area contributed by atoms with Gasteiger partial charge in [-0.3, -0.25) is 14.3 Å². The first-order valence-corrected chi connectivity index (χ1v) is 15.5. The van der Waals surface area contributed by atoms with Crippen molar-refractivity contribution in [2.24, 2.45) is 0 Å². The highest BCUT2D eigenvalue weighted by Crippen LogP contribution is 2.37. The van der Waals surface area contributed by atoms with Crippen LogP contribution in [0.3, 0.4) is 0 Å². The number of carbonyl (C=O) groups excluding carboxylic acids is 2. The van der Waals surface area contributed by atoms with Gasteiger partial charge in [-0.25, -0.2) is 9.50 Å². The summed E-state index contributed by atoms with van der Waals surface area (Å²) in [5.41, 5.74) is 4.63. The molecule has 14 heteroatoms. The van der Waals surface area contributed by atoms with E-state index in [1.165, 1.54) is 62.7 Å². The zero-order valence-corrected chi connectivity index (χ0v) is 26.5. The number of nitrogens with zero attached hydrogens (tertiary/aromatic N) is 6. The first kappa shape index (κ1) is 32.1. The number of carbonyl (C=O) groups is 2. The largest absolute Gasteiger partial charge is 0.434 e. The Morgan fingerprint density at radius 3 is 2.70 bits per heavy atom. The molecule has 11 nitrogen and oxygen atoms in total. The number of anilines is 1. The molecule has 244 valence electrons. The van der Waals surface area contributed by atoms with Gasteiger partial charge in [0.2, 0.25) is 5.91 Å². The molecule has 0 unspecified atom stereocenters. The first-order chi connectivity index (χ1) is 22.6. The Morgan fingerprint density at radius 2 is 1.94 bits per heavy atom. The molecule has 5 aromatic rings. The number of ether oxygens (including phenoxy) is 1. The van der Waals surface area contributed by atoms with Gasteiger partial charge in [0.15, 0.2) is 5.65 Å². The van der Waals surface area contributed by atoms with Crippen molar-refractivity contribution in [1.29, 1.82) is 0 Å². The molecule has 4 heterocycles. The van der Waals surface area contributed by atoms with Gasteiger partial charge in [0.25, 0.3) is 5.91 Å². The monoisotopic (exact) mass is 662 g/mol. The minimum absolute atomic E-state index is 0.100. The molecule has 0 spiro atoms. The van der Waals surface area contributed by atoms with Crippen molar-refractivity contribution >= 4 is 34.7 Å². The zero-order valence-electron chi connectivity index (χ0n) is 25.8. The minimum atomic E-state index is -3.11. The van der Waals surface area contributed by atoms with Gasteiger partial charge in [0.1, 0.15) is 23.6 Å². The molecule has 1 aliphatic heterocycles. The van der Waals surface area contributed by atoms with Gasteiger partial charge in [0, 0.05) is 54.9 Å². The summed E-state index contributed by atoms with van der Waals surface area (Å²) in [6.07, 6.45) is 7.64. The van der Waals surface area contributed by atoms with Gasteiger partial charge in [-0.05, 0) is 62.1 Å².